The third-order valence-corrected chi connectivity index (χ3v) is 5.90. The van der Waals surface area contributed by atoms with Crippen molar-refractivity contribution in [3.05, 3.63) is 0 Å². The van der Waals surface area contributed by atoms with Gasteiger partial charge in [0, 0.05) is 31.6 Å². The van der Waals surface area contributed by atoms with Gasteiger partial charge < -0.3 is 10.2 Å². The van der Waals surface area contributed by atoms with Gasteiger partial charge in [0.2, 0.25) is 5.91 Å². The maximum atomic E-state index is 12.8. The van der Waals surface area contributed by atoms with Crippen LogP contribution in [0, 0.1) is 23.7 Å². The van der Waals surface area contributed by atoms with Crippen LogP contribution in [0.2, 0.25) is 0 Å². The lowest BCUT2D eigenvalue weighted by Crippen LogP contribution is -2.49. The van der Waals surface area contributed by atoms with Crippen molar-refractivity contribution in [2.45, 2.75) is 44.6 Å². The smallest absolute Gasteiger partial charge is 0.226 e. The molecule has 2 saturated carbocycles. The van der Waals surface area contributed by atoms with Crippen molar-refractivity contribution in [3.8, 4) is 0 Å². The molecule has 4 aliphatic rings. The number of carbonyl (C=O) groups excluding carboxylic acids is 1. The zero-order valence-corrected chi connectivity index (χ0v) is 11.1. The summed E-state index contributed by atoms with van der Waals surface area (Å²) in [6.45, 7) is 3.20. The molecule has 0 aromatic heterocycles. The highest BCUT2D eigenvalue weighted by Crippen LogP contribution is 2.56. The number of rotatable bonds is 1. The molecule has 100 valence electrons. The Kier molecular flexibility index (Phi) is 2.65. The van der Waals surface area contributed by atoms with E-state index in [0.717, 1.165) is 37.4 Å². The van der Waals surface area contributed by atoms with Gasteiger partial charge in [-0.05, 0) is 43.4 Å². The summed E-state index contributed by atoms with van der Waals surface area (Å²) < 4.78 is 0. The van der Waals surface area contributed by atoms with E-state index in [0.29, 0.717) is 17.9 Å². The summed E-state index contributed by atoms with van der Waals surface area (Å²) in [5.41, 5.74) is 0. The molecular weight excluding hydrogens is 224 g/mol. The molecule has 3 heteroatoms. The molecule has 4 fully saturated rings. The van der Waals surface area contributed by atoms with Gasteiger partial charge in [0.1, 0.15) is 0 Å². The van der Waals surface area contributed by atoms with Crippen molar-refractivity contribution in [1.29, 1.82) is 0 Å². The first kappa shape index (κ1) is 11.3. The highest BCUT2D eigenvalue weighted by Gasteiger charge is 2.57. The maximum Gasteiger partial charge on any atom is 0.226 e. The quantitative estimate of drug-likeness (QED) is 0.765. The van der Waals surface area contributed by atoms with E-state index in [2.05, 4.69) is 10.2 Å². The van der Waals surface area contributed by atoms with Crippen molar-refractivity contribution < 1.29 is 4.79 Å². The Bertz CT molecular complexity index is 344. The lowest BCUT2D eigenvalue weighted by atomic mass is 9.91. The zero-order chi connectivity index (χ0) is 12.1. The number of hydrogen-bond acceptors (Lipinski definition) is 2. The topological polar surface area (TPSA) is 32.3 Å². The van der Waals surface area contributed by atoms with Crippen LogP contribution in [-0.4, -0.2) is 36.5 Å². The fourth-order valence-electron chi connectivity index (χ4n) is 4.89. The van der Waals surface area contributed by atoms with Crippen LogP contribution in [0.1, 0.15) is 38.5 Å². The van der Waals surface area contributed by atoms with Gasteiger partial charge in [-0.15, -0.1) is 0 Å². The van der Waals surface area contributed by atoms with Gasteiger partial charge in [-0.3, -0.25) is 4.79 Å². The number of piperidine rings is 1. The van der Waals surface area contributed by atoms with E-state index in [-0.39, 0.29) is 0 Å². The molecule has 0 radical (unpaired) electrons. The molecule has 4 atom stereocenters. The van der Waals surface area contributed by atoms with E-state index in [1.807, 2.05) is 0 Å². The minimum Gasteiger partial charge on any atom is -0.338 e. The minimum atomic E-state index is 0.423. The number of fused-ring (bicyclic) bond motifs is 2. The Morgan fingerprint density at radius 2 is 1.78 bits per heavy atom. The molecule has 18 heavy (non-hydrogen) atoms. The third kappa shape index (κ3) is 1.63. The predicted octanol–water partition coefficient (Wildman–Crippen LogP) is 1.63. The molecule has 1 amide bonds. The molecule has 2 aliphatic carbocycles. The standard InChI is InChI=1S/C15H24N2O/c18-15(14-11-5-1-2-6-12(11)14)17-7-3-4-10-8-16-9-13(10)17/h10-14,16H,1-9H2. The van der Waals surface area contributed by atoms with Crippen LogP contribution in [0.5, 0.6) is 0 Å². The van der Waals surface area contributed by atoms with Gasteiger partial charge in [-0.25, -0.2) is 0 Å². The van der Waals surface area contributed by atoms with E-state index in [4.69, 9.17) is 0 Å². The fourth-order valence-corrected chi connectivity index (χ4v) is 4.89. The SMILES string of the molecule is O=C(C1C2CCCCC21)N1CCCC2CNCC21. The van der Waals surface area contributed by atoms with Crippen LogP contribution in [-0.2, 0) is 4.79 Å². The number of nitrogens with one attached hydrogen (secondary N) is 1. The summed E-state index contributed by atoms with van der Waals surface area (Å²) in [7, 11) is 0. The molecule has 2 heterocycles. The average molecular weight is 248 g/mol. The molecule has 3 nitrogen and oxygen atoms in total. The summed E-state index contributed by atoms with van der Waals surface area (Å²) in [6.07, 6.45) is 7.90. The third-order valence-electron chi connectivity index (χ3n) is 5.90. The molecule has 0 aromatic carbocycles. The molecule has 0 aromatic rings. The Hall–Kier alpha value is -0.570. The number of amides is 1. The van der Waals surface area contributed by atoms with Gasteiger partial charge in [0.05, 0.1) is 0 Å². The molecule has 1 N–H and O–H groups in total. The molecular formula is C15H24N2O. The molecule has 2 aliphatic heterocycles. The highest BCUT2D eigenvalue weighted by molar-refractivity contribution is 5.83. The van der Waals surface area contributed by atoms with Gasteiger partial charge in [0.25, 0.3) is 0 Å². The summed E-state index contributed by atoms with van der Waals surface area (Å²) in [6, 6.07) is 0.522. The number of carbonyl (C=O) groups is 1. The maximum absolute atomic E-state index is 12.8. The second-order valence-electron chi connectivity index (χ2n) is 6.80. The second-order valence-corrected chi connectivity index (χ2v) is 6.80. The van der Waals surface area contributed by atoms with E-state index < -0.39 is 0 Å². The second kappa shape index (κ2) is 4.22. The Morgan fingerprint density at radius 1 is 1.00 bits per heavy atom. The summed E-state index contributed by atoms with van der Waals surface area (Å²) in [5, 5.41) is 3.48. The lowest BCUT2D eigenvalue weighted by molar-refractivity contribution is -0.137. The first-order chi connectivity index (χ1) is 8.86. The van der Waals surface area contributed by atoms with Crippen LogP contribution in [0.3, 0.4) is 0 Å². The fraction of sp³-hybridized carbons (Fsp3) is 0.933. The lowest BCUT2D eigenvalue weighted by Gasteiger charge is -2.37. The molecule has 0 bridgehead atoms. The van der Waals surface area contributed by atoms with Crippen LogP contribution >= 0.6 is 0 Å². The summed E-state index contributed by atoms with van der Waals surface area (Å²) >= 11 is 0. The van der Waals surface area contributed by atoms with Crippen LogP contribution in [0.4, 0.5) is 0 Å². The first-order valence-corrected chi connectivity index (χ1v) is 7.87. The first-order valence-electron chi connectivity index (χ1n) is 7.87. The number of nitrogens with zero attached hydrogens (tertiary/aromatic N) is 1. The largest absolute Gasteiger partial charge is 0.338 e. The number of likely N-dealkylation sites (tertiary alicyclic amines) is 1. The summed E-state index contributed by atoms with van der Waals surface area (Å²) in [5.74, 6) is 3.21. The van der Waals surface area contributed by atoms with Crippen molar-refractivity contribution in [3.63, 3.8) is 0 Å². The van der Waals surface area contributed by atoms with Crippen molar-refractivity contribution in [1.82, 2.24) is 10.2 Å². The van der Waals surface area contributed by atoms with E-state index in [9.17, 15) is 4.79 Å². The molecule has 4 unspecified atom stereocenters. The van der Waals surface area contributed by atoms with Crippen LogP contribution < -0.4 is 5.32 Å². The zero-order valence-electron chi connectivity index (χ0n) is 11.1. The van der Waals surface area contributed by atoms with Crippen molar-refractivity contribution in [2.75, 3.05) is 19.6 Å². The van der Waals surface area contributed by atoms with Crippen LogP contribution in [0.15, 0.2) is 0 Å². The molecule has 0 spiro atoms. The molecule has 4 rings (SSSR count). The minimum absolute atomic E-state index is 0.423. The van der Waals surface area contributed by atoms with Crippen molar-refractivity contribution >= 4 is 5.91 Å². The van der Waals surface area contributed by atoms with Gasteiger partial charge in [0.15, 0.2) is 0 Å². The average Bonchev–Trinajstić information content (AvgIpc) is 2.93. The number of hydrogen-bond donors (Lipinski definition) is 1. The highest BCUT2D eigenvalue weighted by atomic mass is 16.2. The van der Waals surface area contributed by atoms with Crippen LogP contribution in [0.25, 0.3) is 0 Å². The monoisotopic (exact) mass is 248 g/mol. The van der Waals surface area contributed by atoms with Gasteiger partial charge >= 0.3 is 0 Å². The Labute approximate surface area is 109 Å². The molecule has 2 saturated heterocycles. The van der Waals surface area contributed by atoms with E-state index >= 15 is 0 Å². The normalized spacial score (nSPS) is 46.4. The Balaban J connectivity index is 1.47. The van der Waals surface area contributed by atoms with Crippen molar-refractivity contribution in [2.24, 2.45) is 23.7 Å². The predicted molar refractivity (Wildman–Crippen MR) is 70.0 cm³/mol. The Morgan fingerprint density at radius 3 is 2.56 bits per heavy atom. The van der Waals surface area contributed by atoms with Gasteiger partial charge in [-0.1, -0.05) is 12.8 Å². The van der Waals surface area contributed by atoms with Gasteiger partial charge in [-0.2, -0.15) is 0 Å². The summed E-state index contributed by atoms with van der Waals surface area (Å²) in [4.78, 5) is 15.0. The van der Waals surface area contributed by atoms with E-state index in [1.165, 1.54) is 38.5 Å². The van der Waals surface area contributed by atoms with E-state index in [1.54, 1.807) is 0 Å².